The number of rotatable bonds is 0. The molecule has 26 heavy (non-hydrogen) atoms. The van der Waals surface area contributed by atoms with Gasteiger partial charge in [0.05, 0.1) is 19.8 Å². The maximum Gasteiger partial charge on any atom is 0.257 e. The van der Waals surface area contributed by atoms with E-state index in [1.54, 1.807) is 24.4 Å². The SMILES string of the molecule is c1ccc2c(c1)OCCOCCOc1cccnc1OCCOCNO2. The quantitative estimate of drug-likeness (QED) is 0.760. The number of nitrogens with zero attached hydrogens (tertiary/aromatic N) is 1. The van der Waals surface area contributed by atoms with Crippen LogP contribution < -0.4 is 24.5 Å². The van der Waals surface area contributed by atoms with Crippen LogP contribution in [0.5, 0.6) is 23.1 Å². The van der Waals surface area contributed by atoms with E-state index in [9.17, 15) is 0 Å². The molecule has 0 spiro atoms. The number of hydrogen-bond acceptors (Lipinski definition) is 8. The topological polar surface area (TPSA) is 80.3 Å². The van der Waals surface area contributed by atoms with Gasteiger partial charge >= 0.3 is 0 Å². The Morgan fingerprint density at radius 3 is 2.27 bits per heavy atom. The number of hydrogen-bond donors (Lipinski definition) is 1. The third-order valence-electron chi connectivity index (χ3n) is 3.37. The van der Waals surface area contributed by atoms with Crippen molar-refractivity contribution in [3.8, 4) is 23.1 Å². The molecule has 0 unspecified atom stereocenters. The summed E-state index contributed by atoms with van der Waals surface area (Å²) in [6.07, 6.45) is 1.65. The lowest BCUT2D eigenvalue weighted by Crippen LogP contribution is -2.24. The average molecular weight is 362 g/mol. The van der Waals surface area contributed by atoms with E-state index in [-0.39, 0.29) is 6.73 Å². The lowest BCUT2D eigenvalue weighted by atomic mass is 10.3. The van der Waals surface area contributed by atoms with E-state index in [4.69, 9.17) is 28.5 Å². The maximum atomic E-state index is 5.69. The standard InChI is InChI=1S/C18H22N2O6/c1-2-5-16-15(4-1)23-11-8-21-9-12-24-17-6-3-7-19-18(17)25-13-10-22-14-20-26-16/h1-7,20H,8-14H2. The van der Waals surface area contributed by atoms with Crippen molar-refractivity contribution in [2.75, 3.05) is 46.4 Å². The van der Waals surface area contributed by atoms with Crippen molar-refractivity contribution in [3.05, 3.63) is 42.6 Å². The van der Waals surface area contributed by atoms with Crippen molar-refractivity contribution >= 4 is 0 Å². The number of ether oxygens (including phenoxy) is 5. The summed E-state index contributed by atoms with van der Waals surface area (Å²) in [5.41, 5.74) is 2.74. The number of hydroxylamine groups is 1. The lowest BCUT2D eigenvalue weighted by Gasteiger charge is -2.14. The molecule has 1 aliphatic rings. The van der Waals surface area contributed by atoms with E-state index < -0.39 is 0 Å². The zero-order valence-electron chi connectivity index (χ0n) is 14.4. The molecule has 2 heterocycles. The van der Waals surface area contributed by atoms with Crippen LogP contribution >= 0.6 is 0 Å². The van der Waals surface area contributed by atoms with Gasteiger partial charge in [-0.2, -0.15) is 0 Å². The number of aromatic nitrogens is 1. The van der Waals surface area contributed by atoms with Crippen molar-refractivity contribution in [2.24, 2.45) is 0 Å². The molecular formula is C18H22N2O6. The lowest BCUT2D eigenvalue weighted by molar-refractivity contribution is 0.0212. The summed E-state index contributed by atoms with van der Waals surface area (Å²) < 4.78 is 27.9. The minimum Gasteiger partial charge on any atom is -0.487 e. The number of nitrogens with one attached hydrogen (secondary N) is 1. The molecule has 3 rings (SSSR count). The molecule has 0 aliphatic carbocycles. The maximum absolute atomic E-state index is 5.69. The zero-order chi connectivity index (χ0) is 17.9. The monoisotopic (exact) mass is 362 g/mol. The second kappa shape index (κ2) is 10.4. The Morgan fingerprint density at radius 2 is 1.38 bits per heavy atom. The highest BCUT2D eigenvalue weighted by atomic mass is 16.7. The van der Waals surface area contributed by atoms with E-state index >= 15 is 0 Å². The van der Waals surface area contributed by atoms with Gasteiger partial charge in [-0.1, -0.05) is 12.1 Å². The third-order valence-corrected chi connectivity index (χ3v) is 3.37. The highest BCUT2D eigenvalue weighted by Gasteiger charge is 2.07. The molecule has 0 radical (unpaired) electrons. The van der Waals surface area contributed by atoms with Crippen LogP contribution in [0.2, 0.25) is 0 Å². The van der Waals surface area contributed by atoms with Crippen molar-refractivity contribution in [1.29, 1.82) is 0 Å². The van der Waals surface area contributed by atoms with Crippen LogP contribution in [0.1, 0.15) is 0 Å². The molecule has 0 fully saturated rings. The van der Waals surface area contributed by atoms with Crippen LogP contribution in [0.25, 0.3) is 0 Å². The second-order valence-electron chi connectivity index (χ2n) is 5.21. The first-order chi connectivity index (χ1) is 12.9. The largest absolute Gasteiger partial charge is 0.487 e. The molecule has 1 N–H and O–H groups in total. The summed E-state index contributed by atoms with van der Waals surface area (Å²) >= 11 is 0. The van der Waals surface area contributed by atoms with E-state index in [0.717, 1.165) is 0 Å². The van der Waals surface area contributed by atoms with Gasteiger partial charge in [0.2, 0.25) is 0 Å². The molecule has 1 aliphatic heterocycles. The van der Waals surface area contributed by atoms with Gasteiger partial charge in [0.1, 0.15) is 26.6 Å². The van der Waals surface area contributed by atoms with Gasteiger partial charge in [-0.25, -0.2) is 4.98 Å². The first-order valence-corrected chi connectivity index (χ1v) is 8.41. The van der Waals surface area contributed by atoms with Gasteiger partial charge in [-0.05, 0) is 24.3 Å². The molecular weight excluding hydrogens is 340 g/mol. The summed E-state index contributed by atoms with van der Waals surface area (Å²) in [6.45, 7) is 2.57. The van der Waals surface area contributed by atoms with Crippen molar-refractivity contribution in [2.45, 2.75) is 0 Å². The average Bonchev–Trinajstić information content (AvgIpc) is 2.68. The van der Waals surface area contributed by atoms with Gasteiger partial charge in [0.25, 0.3) is 5.88 Å². The van der Waals surface area contributed by atoms with Crippen molar-refractivity contribution < 1.29 is 28.5 Å². The Labute approximate surface area is 151 Å². The molecule has 1 aromatic heterocycles. The van der Waals surface area contributed by atoms with Crippen LogP contribution in [0.3, 0.4) is 0 Å². The number of fused-ring (bicyclic) bond motifs is 2. The summed E-state index contributed by atoms with van der Waals surface area (Å²) in [4.78, 5) is 9.65. The van der Waals surface area contributed by atoms with E-state index in [2.05, 4.69) is 10.5 Å². The number of benzene rings is 1. The molecule has 0 bridgehead atoms. The molecule has 0 saturated carbocycles. The molecule has 140 valence electrons. The molecule has 8 heteroatoms. The fraction of sp³-hybridized carbons (Fsp3) is 0.389. The molecule has 2 aromatic rings. The van der Waals surface area contributed by atoms with Crippen LogP contribution in [-0.2, 0) is 9.47 Å². The van der Waals surface area contributed by atoms with E-state index in [1.165, 1.54) is 0 Å². The predicted molar refractivity (Wildman–Crippen MR) is 92.6 cm³/mol. The molecule has 8 nitrogen and oxygen atoms in total. The van der Waals surface area contributed by atoms with Gasteiger partial charge in [0.15, 0.2) is 17.2 Å². The highest BCUT2D eigenvalue weighted by Crippen LogP contribution is 2.25. The normalized spacial score (nSPS) is 16.9. The fourth-order valence-electron chi connectivity index (χ4n) is 2.19. The Kier molecular flexibility index (Phi) is 7.33. The van der Waals surface area contributed by atoms with Crippen molar-refractivity contribution in [3.63, 3.8) is 0 Å². The minimum absolute atomic E-state index is 0.201. The summed E-state index contributed by atoms with van der Waals surface area (Å²) in [5.74, 6) is 2.21. The van der Waals surface area contributed by atoms with Gasteiger partial charge in [-0.3, -0.25) is 0 Å². The van der Waals surface area contributed by atoms with Crippen LogP contribution in [-0.4, -0.2) is 51.4 Å². The Hall–Kier alpha value is -2.55. The smallest absolute Gasteiger partial charge is 0.257 e. The molecule has 0 amide bonds. The van der Waals surface area contributed by atoms with Crippen LogP contribution in [0, 0.1) is 0 Å². The zero-order valence-corrected chi connectivity index (χ0v) is 14.4. The van der Waals surface area contributed by atoms with E-state index in [0.29, 0.717) is 62.8 Å². The molecule has 0 atom stereocenters. The second-order valence-corrected chi connectivity index (χ2v) is 5.21. The minimum atomic E-state index is 0.201. The van der Waals surface area contributed by atoms with Gasteiger partial charge in [-0.15, -0.1) is 5.48 Å². The van der Waals surface area contributed by atoms with Crippen molar-refractivity contribution in [1.82, 2.24) is 10.5 Å². The summed E-state index contributed by atoms with van der Waals surface area (Å²) in [7, 11) is 0. The Balaban J connectivity index is 1.56. The Bertz CT molecular complexity index is 558. The highest BCUT2D eigenvalue weighted by molar-refractivity contribution is 5.39. The van der Waals surface area contributed by atoms with Crippen LogP contribution in [0.15, 0.2) is 42.6 Å². The number of pyridine rings is 1. The predicted octanol–water partition coefficient (Wildman–Crippen LogP) is 1.81. The summed E-state index contributed by atoms with van der Waals surface area (Å²) in [5, 5.41) is 0. The Morgan fingerprint density at radius 1 is 0.692 bits per heavy atom. The van der Waals surface area contributed by atoms with Crippen LogP contribution in [0.4, 0.5) is 0 Å². The first kappa shape index (κ1) is 18.2. The fourth-order valence-corrected chi connectivity index (χ4v) is 2.19. The van der Waals surface area contributed by atoms with Gasteiger partial charge in [0, 0.05) is 6.20 Å². The van der Waals surface area contributed by atoms with E-state index in [1.807, 2.05) is 18.2 Å². The summed E-state index contributed by atoms with van der Waals surface area (Å²) in [6, 6.07) is 11.0. The molecule has 1 aromatic carbocycles. The molecule has 0 saturated heterocycles. The first-order valence-electron chi connectivity index (χ1n) is 8.41. The van der Waals surface area contributed by atoms with Gasteiger partial charge < -0.3 is 28.5 Å². The number of para-hydroxylation sites is 2. The third kappa shape index (κ3) is 5.76.